The van der Waals surface area contributed by atoms with E-state index in [4.69, 9.17) is 13.9 Å². The van der Waals surface area contributed by atoms with Crippen LogP contribution < -0.4 is 9.47 Å². The maximum atomic E-state index is 10.3. The van der Waals surface area contributed by atoms with Crippen LogP contribution in [0.3, 0.4) is 0 Å². The molecule has 0 saturated carbocycles. The number of aromatic hydroxyl groups is 1. The maximum Gasteiger partial charge on any atom is 0.169 e. The highest BCUT2D eigenvalue weighted by Gasteiger charge is 2.15. The molecule has 1 N–H and O–H groups in total. The largest absolute Gasteiger partial charge is 0.508 e. The summed E-state index contributed by atoms with van der Waals surface area (Å²) in [6.45, 7) is 0. The lowest BCUT2D eigenvalue weighted by molar-refractivity contribution is 0.378. The highest BCUT2D eigenvalue weighted by molar-refractivity contribution is 6.07. The zero-order valence-corrected chi connectivity index (χ0v) is 18.4. The molecule has 4 aromatic carbocycles. The second-order valence-corrected chi connectivity index (χ2v) is 8.64. The maximum absolute atomic E-state index is 10.3. The SMILES string of the molecule is COc1ccc2cc1Oc1ccc(cc1)CCc1cc(O)cc3oc4cc(ccc4c13)CC2. The monoisotopic (exact) mass is 436 g/mol. The van der Waals surface area contributed by atoms with Crippen molar-refractivity contribution >= 4 is 21.9 Å². The lowest BCUT2D eigenvalue weighted by Crippen LogP contribution is -1.96. The highest BCUT2D eigenvalue weighted by atomic mass is 16.5. The van der Waals surface area contributed by atoms with Crippen LogP contribution >= 0.6 is 0 Å². The van der Waals surface area contributed by atoms with Crippen LogP contribution in [0, 0.1) is 0 Å². The van der Waals surface area contributed by atoms with Crippen molar-refractivity contribution in [3.63, 3.8) is 0 Å². The van der Waals surface area contributed by atoms with Crippen LogP contribution in [0.25, 0.3) is 21.9 Å². The lowest BCUT2D eigenvalue weighted by atomic mass is 9.98. The Bertz CT molecular complexity index is 1480. The molecule has 33 heavy (non-hydrogen) atoms. The molecule has 4 aliphatic heterocycles. The molecule has 0 radical (unpaired) electrons. The van der Waals surface area contributed by atoms with Crippen molar-refractivity contribution < 1.29 is 19.0 Å². The fraction of sp³-hybridized carbons (Fsp3) is 0.172. The van der Waals surface area contributed by atoms with E-state index in [1.807, 2.05) is 24.3 Å². The van der Waals surface area contributed by atoms with E-state index in [0.29, 0.717) is 0 Å². The van der Waals surface area contributed by atoms with Crippen LogP contribution in [0.15, 0.2) is 77.2 Å². The zero-order chi connectivity index (χ0) is 22.4. The molecule has 4 heteroatoms. The van der Waals surface area contributed by atoms with E-state index in [1.165, 1.54) is 16.7 Å². The molecule has 0 spiro atoms. The van der Waals surface area contributed by atoms with Crippen molar-refractivity contribution in [1.82, 2.24) is 0 Å². The number of hydrogen-bond donors (Lipinski definition) is 1. The zero-order valence-electron chi connectivity index (χ0n) is 18.4. The molecular formula is C29H24O4. The van der Waals surface area contributed by atoms with Crippen LogP contribution in [0.2, 0.25) is 0 Å². The Kier molecular flexibility index (Phi) is 4.72. The summed E-state index contributed by atoms with van der Waals surface area (Å²) in [6.07, 6.45) is 3.41. The number of ether oxygens (including phenoxy) is 2. The van der Waals surface area contributed by atoms with E-state index >= 15 is 0 Å². The first-order valence-corrected chi connectivity index (χ1v) is 11.3. The fourth-order valence-corrected chi connectivity index (χ4v) is 4.75. The van der Waals surface area contributed by atoms with Gasteiger partial charge in [0.15, 0.2) is 11.5 Å². The molecule has 0 saturated heterocycles. The predicted octanol–water partition coefficient (Wildman–Crippen LogP) is 6.98. The molecule has 4 aliphatic rings. The van der Waals surface area contributed by atoms with Gasteiger partial charge in [-0.05, 0) is 84.3 Å². The highest BCUT2D eigenvalue weighted by Crippen LogP contribution is 2.36. The summed E-state index contributed by atoms with van der Waals surface area (Å²) in [5, 5.41) is 12.5. The Balaban J connectivity index is 1.49. The van der Waals surface area contributed by atoms with Gasteiger partial charge in [-0.2, -0.15) is 0 Å². The minimum atomic E-state index is 0.236. The van der Waals surface area contributed by atoms with Crippen molar-refractivity contribution in [3.8, 4) is 23.0 Å². The van der Waals surface area contributed by atoms with E-state index in [-0.39, 0.29) is 5.75 Å². The Morgan fingerprint density at radius 2 is 1.45 bits per heavy atom. The second-order valence-electron chi connectivity index (χ2n) is 8.64. The summed E-state index contributed by atoms with van der Waals surface area (Å²) in [5.74, 6) is 2.45. The Morgan fingerprint density at radius 3 is 2.27 bits per heavy atom. The number of rotatable bonds is 1. The molecule has 8 bridgehead atoms. The number of phenolic OH excluding ortho intramolecular Hbond substituents is 1. The molecule has 4 nitrogen and oxygen atoms in total. The van der Waals surface area contributed by atoms with Crippen LogP contribution in [0.1, 0.15) is 22.3 Å². The van der Waals surface area contributed by atoms with Gasteiger partial charge in [-0.1, -0.05) is 30.3 Å². The van der Waals surface area contributed by atoms with Gasteiger partial charge < -0.3 is 19.0 Å². The van der Waals surface area contributed by atoms with Crippen molar-refractivity contribution in [3.05, 3.63) is 95.1 Å². The van der Waals surface area contributed by atoms with Crippen molar-refractivity contribution in [2.75, 3.05) is 7.11 Å². The second kappa shape index (κ2) is 7.89. The first-order chi connectivity index (χ1) is 16.2. The van der Waals surface area contributed by atoms with E-state index in [9.17, 15) is 5.11 Å². The van der Waals surface area contributed by atoms with Crippen molar-refractivity contribution in [1.29, 1.82) is 0 Å². The quantitative estimate of drug-likeness (QED) is 0.308. The Hall–Kier alpha value is -3.92. The minimum absolute atomic E-state index is 0.236. The standard InChI is InChI=1S/C29H24O4/c1-31-25-13-8-20-3-2-19-7-12-24-26(14-19)33-28-17-22(30)16-21(29(24)28)9-4-18-5-10-23(11-6-18)32-27(25)15-20/h5-8,10-17,30H,2-4,9H2,1H3. The average molecular weight is 437 g/mol. The summed E-state index contributed by atoms with van der Waals surface area (Å²) in [4.78, 5) is 0. The summed E-state index contributed by atoms with van der Waals surface area (Å²) in [6, 6.07) is 24.3. The fourth-order valence-electron chi connectivity index (χ4n) is 4.75. The van der Waals surface area contributed by atoms with Crippen LogP contribution in [0.4, 0.5) is 0 Å². The van der Waals surface area contributed by atoms with E-state index in [0.717, 1.165) is 70.4 Å². The summed E-state index contributed by atoms with van der Waals surface area (Å²) < 4.78 is 17.9. The summed E-state index contributed by atoms with van der Waals surface area (Å²) >= 11 is 0. The van der Waals surface area contributed by atoms with Gasteiger partial charge in [0.05, 0.1) is 7.11 Å². The van der Waals surface area contributed by atoms with Gasteiger partial charge in [0, 0.05) is 16.8 Å². The van der Waals surface area contributed by atoms with Gasteiger partial charge in [-0.15, -0.1) is 0 Å². The molecule has 5 aromatic rings. The van der Waals surface area contributed by atoms with E-state index in [2.05, 4.69) is 42.5 Å². The van der Waals surface area contributed by atoms with Gasteiger partial charge >= 0.3 is 0 Å². The van der Waals surface area contributed by atoms with Gasteiger partial charge in [0.1, 0.15) is 22.7 Å². The number of phenols is 1. The Labute approximate surface area is 192 Å². The van der Waals surface area contributed by atoms with E-state index in [1.54, 1.807) is 13.2 Å². The van der Waals surface area contributed by atoms with Crippen molar-refractivity contribution in [2.45, 2.75) is 25.7 Å². The molecule has 1 aromatic heterocycles. The summed E-state index contributed by atoms with van der Waals surface area (Å²) in [5.41, 5.74) is 6.28. The number of hydrogen-bond acceptors (Lipinski definition) is 4. The molecule has 9 rings (SSSR count). The number of methoxy groups -OCH3 is 1. The lowest BCUT2D eigenvalue weighted by Gasteiger charge is -2.13. The smallest absolute Gasteiger partial charge is 0.169 e. The summed E-state index contributed by atoms with van der Waals surface area (Å²) in [7, 11) is 1.66. The third-order valence-electron chi connectivity index (χ3n) is 6.47. The van der Waals surface area contributed by atoms with Crippen molar-refractivity contribution in [2.24, 2.45) is 0 Å². The van der Waals surface area contributed by atoms with Gasteiger partial charge in [-0.25, -0.2) is 0 Å². The molecule has 0 aliphatic carbocycles. The first kappa shape index (κ1) is 19.7. The average Bonchev–Trinajstić information content (AvgIpc) is 3.19. The third kappa shape index (κ3) is 3.68. The normalized spacial score (nSPS) is 13.5. The number of aryl methyl sites for hydroxylation is 4. The van der Waals surface area contributed by atoms with Gasteiger partial charge in [0.2, 0.25) is 0 Å². The first-order valence-electron chi connectivity index (χ1n) is 11.3. The van der Waals surface area contributed by atoms with E-state index < -0.39 is 0 Å². The molecule has 0 atom stereocenters. The molecular weight excluding hydrogens is 412 g/mol. The van der Waals surface area contributed by atoms with Crippen LogP contribution in [-0.4, -0.2) is 12.2 Å². The molecule has 0 amide bonds. The number of furan rings is 1. The van der Waals surface area contributed by atoms with Crippen LogP contribution in [-0.2, 0) is 25.7 Å². The molecule has 0 unspecified atom stereocenters. The topological polar surface area (TPSA) is 51.8 Å². The molecule has 164 valence electrons. The third-order valence-corrected chi connectivity index (χ3v) is 6.47. The number of benzene rings is 4. The molecule has 5 heterocycles. The minimum Gasteiger partial charge on any atom is -0.508 e. The van der Waals surface area contributed by atoms with Gasteiger partial charge in [-0.3, -0.25) is 0 Å². The van der Waals surface area contributed by atoms with Gasteiger partial charge in [0.25, 0.3) is 0 Å². The molecule has 0 fully saturated rings. The van der Waals surface area contributed by atoms with Crippen LogP contribution in [0.5, 0.6) is 23.0 Å². The Morgan fingerprint density at radius 1 is 0.727 bits per heavy atom. The predicted molar refractivity (Wildman–Crippen MR) is 130 cm³/mol.